The third kappa shape index (κ3) is 14.5. The number of ether oxygens (including phenoxy) is 3. The van der Waals surface area contributed by atoms with Crippen LogP contribution in [0.5, 0.6) is 11.6 Å². The first-order valence-electron chi connectivity index (χ1n) is 18.3. The van der Waals surface area contributed by atoms with Gasteiger partial charge in [0, 0.05) is 17.4 Å². The Balaban J connectivity index is 0.000000268. The number of esters is 2. The van der Waals surface area contributed by atoms with E-state index < -0.39 is 29.0 Å². The fourth-order valence-corrected chi connectivity index (χ4v) is 5.79. The Morgan fingerprint density at radius 3 is 1.47 bits per heavy atom. The summed E-state index contributed by atoms with van der Waals surface area (Å²) in [6, 6.07) is 22.8. The van der Waals surface area contributed by atoms with E-state index in [1.165, 1.54) is 24.5 Å². The van der Waals surface area contributed by atoms with Gasteiger partial charge in [0.2, 0.25) is 5.88 Å². The fraction of sp³-hybridized carbons (Fsp3) is 0.273. The first-order valence-corrected chi connectivity index (χ1v) is 19.8. The molecule has 0 saturated heterocycles. The molecule has 0 aliphatic carbocycles. The van der Waals surface area contributed by atoms with Crippen LogP contribution >= 0.6 is 46.4 Å². The zero-order valence-corrected chi connectivity index (χ0v) is 36.7. The summed E-state index contributed by atoms with van der Waals surface area (Å²) in [6.45, 7) is 14.5. The number of carbonyl (C=O) groups excluding carboxylic acids is 4. The first-order chi connectivity index (χ1) is 27.6. The van der Waals surface area contributed by atoms with E-state index in [1.807, 2.05) is 55.4 Å². The van der Waals surface area contributed by atoms with Gasteiger partial charge in [0.25, 0.3) is 11.8 Å². The van der Waals surface area contributed by atoms with Gasteiger partial charge < -0.3 is 24.8 Å². The maximum atomic E-state index is 13.0. The first kappa shape index (κ1) is 46.5. The molecule has 0 spiro atoms. The molecule has 15 heteroatoms. The van der Waals surface area contributed by atoms with Crippen molar-refractivity contribution in [3.05, 3.63) is 151 Å². The highest BCUT2D eigenvalue weighted by atomic mass is 35.5. The van der Waals surface area contributed by atoms with Gasteiger partial charge >= 0.3 is 11.9 Å². The van der Waals surface area contributed by atoms with Gasteiger partial charge in [0.1, 0.15) is 27.7 Å². The molecule has 11 nitrogen and oxygen atoms in total. The van der Waals surface area contributed by atoms with Crippen LogP contribution in [0, 0.1) is 0 Å². The van der Waals surface area contributed by atoms with E-state index >= 15 is 0 Å². The number of rotatable bonds is 10. The zero-order valence-electron chi connectivity index (χ0n) is 33.7. The molecular formula is C44H44Cl4N4O7. The molecule has 2 aromatic heterocycles. The average molecular weight is 883 g/mol. The molecule has 0 radical (unpaired) electrons. The molecule has 0 fully saturated rings. The lowest BCUT2D eigenvalue weighted by atomic mass is 10.1. The van der Waals surface area contributed by atoms with E-state index in [1.54, 1.807) is 72.8 Å². The summed E-state index contributed by atoms with van der Waals surface area (Å²) in [5, 5.41) is 6.94. The molecule has 0 unspecified atom stereocenters. The van der Waals surface area contributed by atoms with E-state index in [0.29, 0.717) is 31.9 Å². The fourth-order valence-electron chi connectivity index (χ4n) is 5.10. The van der Waals surface area contributed by atoms with Crippen LogP contribution in [0.3, 0.4) is 0 Å². The van der Waals surface area contributed by atoms with E-state index in [4.69, 9.17) is 60.6 Å². The predicted octanol–water partition coefficient (Wildman–Crippen LogP) is 11.5. The van der Waals surface area contributed by atoms with Crippen molar-refractivity contribution in [3.63, 3.8) is 0 Å². The van der Waals surface area contributed by atoms with Crippen LogP contribution in [0.25, 0.3) is 0 Å². The topological polar surface area (TPSA) is 146 Å². The minimum atomic E-state index is -0.577. The van der Waals surface area contributed by atoms with Crippen molar-refractivity contribution in [2.75, 3.05) is 0 Å². The molecule has 5 rings (SSSR count). The van der Waals surface area contributed by atoms with Crippen molar-refractivity contribution >= 4 is 70.2 Å². The van der Waals surface area contributed by atoms with Crippen molar-refractivity contribution in [2.45, 2.75) is 78.7 Å². The van der Waals surface area contributed by atoms with Gasteiger partial charge in [0.05, 0.1) is 38.8 Å². The average Bonchev–Trinajstić information content (AvgIpc) is 3.15. The molecule has 2 heterocycles. The van der Waals surface area contributed by atoms with Crippen LogP contribution in [-0.2, 0) is 9.47 Å². The molecular weight excluding hydrogens is 838 g/mol. The lowest BCUT2D eigenvalue weighted by Crippen LogP contribution is -2.27. The Labute approximate surface area is 363 Å². The van der Waals surface area contributed by atoms with Gasteiger partial charge in [-0.3, -0.25) is 9.59 Å². The minimum Gasteiger partial charge on any atom is -0.456 e. The number of nitrogens with one attached hydrogen (secondary N) is 2. The number of amides is 2. The largest absolute Gasteiger partial charge is 0.456 e. The lowest BCUT2D eigenvalue weighted by molar-refractivity contribution is 0.00570. The SMILES string of the molecule is C[C@H](NC(=O)c1cc(Cl)cnc1Cl)c1ccc(C(=O)OC(C)(C)C)cc1.C[C@H](NC(=O)c1cc(Cl)cnc1Oc1cccc(Cl)c1)c1ccc(C(=O)OC(C)(C)C)cc1. The smallest absolute Gasteiger partial charge is 0.338 e. The number of benzene rings is 3. The molecule has 0 aliphatic rings. The standard InChI is InChI=1S/C25H24Cl2N2O4.C19H20Cl2N2O3/c1-15(16-8-10-17(11-9-16)24(31)33-25(2,3)4)29-22(30)21-13-19(27)14-28-23(21)32-20-7-5-6-18(26)12-20;1-11(23-17(24)15-9-14(20)10-22-16(15)21)12-5-7-13(8-6-12)18(25)26-19(2,3)4/h5-15H,1-4H3,(H,29,30);5-11H,1-4H3,(H,23,24)/t15-;11-/m00/s1. The van der Waals surface area contributed by atoms with Gasteiger partial charge in [-0.2, -0.15) is 0 Å². The summed E-state index contributed by atoms with van der Waals surface area (Å²) in [5.41, 5.74) is 1.78. The highest BCUT2D eigenvalue weighted by Gasteiger charge is 2.22. The Bertz CT molecular complexity index is 2290. The quantitative estimate of drug-likeness (QED) is 0.103. The molecule has 59 heavy (non-hydrogen) atoms. The summed E-state index contributed by atoms with van der Waals surface area (Å²) in [7, 11) is 0. The number of halogens is 4. The van der Waals surface area contributed by atoms with Crippen LogP contribution < -0.4 is 15.4 Å². The summed E-state index contributed by atoms with van der Waals surface area (Å²) in [5.74, 6) is -1.04. The molecule has 0 aliphatic heterocycles. The number of pyridine rings is 2. The minimum absolute atomic E-state index is 0.0828. The van der Waals surface area contributed by atoms with Crippen molar-refractivity contribution in [1.29, 1.82) is 0 Å². The van der Waals surface area contributed by atoms with Crippen LogP contribution in [0.1, 0.15) is 120 Å². The Morgan fingerprint density at radius 2 is 1.02 bits per heavy atom. The molecule has 0 saturated carbocycles. The maximum Gasteiger partial charge on any atom is 0.338 e. The molecule has 2 atom stereocenters. The van der Waals surface area contributed by atoms with Crippen LogP contribution in [0.15, 0.2) is 97.3 Å². The Morgan fingerprint density at radius 1 is 0.576 bits per heavy atom. The second-order valence-corrected chi connectivity index (χ2v) is 16.9. The number of hydrogen-bond donors (Lipinski definition) is 2. The Hall–Kier alpha value is -5.20. The van der Waals surface area contributed by atoms with Crippen LogP contribution in [0.4, 0.5) is 0 Å². The van der Waals surface area contributed by atoms with Gasteiger partial charge in [-0.1, -0.05) is 76.7 Å². The van der Waals surface area contributed by atoms with Gasteiger partial charge in [0.15, 0.2) is 0 Å². The number of hydrogen-bond acceptors (Lipinski definition) is 9. The van der Waals surface area contributed by atoms with Crippen molar-refractivity contribution in [1.82, 2.24) is 20.6 Å². The predicted molar refractivity (Wildman–Crippen MR) is 230 cm³/mol. The van der Waals surface area contributed by atoms with Crippen LogP contribution in [0.2, 0.25) is 20.2 Å². The summed E-state index contributed by atoms with van der Waals surface area (Å²) in [4.78, 5) is 57.6. The van der Waals surface area contributed by atoms with Crippen molar-refractivity contribution in [2.24, 2.45) is 0 Å². The highest BCUT2D eigenvalue weighted by molar-refractivity contribution is 6.34. The van der Waals surface area contributed by atoms with E-state index in [-0.39, 0.29) is 40.2 Å². The van der Waals surface area contributed by atoms with E-state index in [9.17, 15) is 19.2 Å². The number of aromatic nitrogens is 2. The maximum absolute atomic E-state index is 13.0. The number of nitrogens with zero attached hydrogens (tertiary/aromatic N) is 2. The van der Waals surface area contributed by atoms with Crippen molar-refractivity contribution < 1.29 is 33.4 Å². The summed E-state index contributed by atoms with van der Waals surface area (Å²) < 4.78 is 16.5. The van der Waals surface area contributed by atoms with Gasteiger partial charge in [-0.05, 0) is 121 Å². The monoisotopic (exact) mass is 880 g/mol. The van der Waals surface area contributed by atoms with Gasteiger partial charge in [-0.25, -0.2) is 19.6 Å². The van der Waals surface area contributed by atoms with E-state index in [0.717, 1.165) is 11.1 Å². The number of carbonyl (C=O) groups is 4. The van der Waals surface area contributed by atoms with Gasteiger partial charge in [-0.15, -0.1) is 0 Å². The molecule has 2 N–H and O–H groups in total. The second kappa shape index (κ2) is 20.2. The van der Waals surface area contributed by atoms with Crippen LogP contribution in [-0.4, -0.2) is 44.9 Å². The van der Waals surface area contributed by atoms with E-state index in [2.05, 4.69) is 20.6 Å². The second-order valence-electron chi connectivity index (χ2n) is 15.2. The lowest BCUT2D eigenvalue weighted by Gasteiger charge is -2.20. The third-order valence-electron chi connectivity index (χ3n) is 7.91. The molecule has 5 aromatic rings. The highest BCUT2D eigenvalue weighted by Crippen LogP contribution is 2.28. The third-order valence-corrected chi connectivity index (χ3v) is 8.86. The molecule has 3 aromatic carbocycles. The molecule has 310 valence electrons. The summed E-state index contributed by atoms with van der Waals surface area (Å²) in [6.07, 6.45) is 2.77. The molecule has 2 amide bonds. The Kier molecular flexibility index (Phi) is 15.9. The zero-order chi connectivity index (χ0) is 43.7. The van der Waals surface area contributed by atoms with Crippen molar-refractivity contribution in [3.8, 4) is 11.6 Å². The molecule has 0 bridgehead atoms. The normalized spacial score (nSPS) is 12.2. The summed E-state index contributed by atoms with van der Waals surface area (Å²) >= 11 is 23.9.